The number of likely N-dealkylation sites (tertiary alicyclic amines) is 1. The average Bonchev–Trinajstić information content (AvgIpc) is 3.40. The summed E-state index contributed by atoms with van der Waals surface area (Å²) in [7, 11) is 0. The van der Waals surface area contributed by atoms with Gasteiger partial charge >= 0.3 is 0 Å². The first-order valence-electron chi connectivity index (χ1n) is 9.82. The summed E-state index contributed by atoms with van der Waals surface area (Å²) < 4.78 is 5.18. The zero-order valence-corrected chi connectivity index (χ0v) is 16.1. The number of aromatic nitrogens is 4. The number of carbonyl (C=O) groups is 1. The Balaban J connectivity index is 1.25. The predicted octanol–water partition coefficient (Wildman–Crippen LogP) is 3.94. The number of fused-ring (bicyclic) bond motifs is 1. The van der Waals surface area contributed by atoms with Crippen LogP contribution in [0.4, 0.5) is 0 Å². The van der Waals surface area contributed by atoms with E-state index >= 15 is 0 Å². The molecule has 0 unspecified atom stereocenters. The molecule has 5 rings (SSSR count). The molecule has 146 valence electrons. The minimum atomic E-state index is 0.0568. The highest BCUT2D eigenvalue weighted by atomic mass is 16.5. The first-order valence-corrected chi connectivity index (χ1v) is 9.82. The maximum Gasteiger partial charge on any atom is 0.257 e. The second-order valence-corrected chi connectivity index (χ2v) is 7.43. The van der Waals surface area contributed by atoms with Gasteiger partial charge in [-0.25, -0.2) is 4.98 Å². The SMILES string of the molecule is Cc1noc(-c2ccc(C(=O)N3CCC(c4nc5ccccc5[nH]4)CC3)cc2)n1. The number of H-pyrrole nitrogens is 1. The van der Waals surface area contributed by atoms with Crippen molar-refractivity contribution in [3.8, 4) is 11.5 Å². The molecular weight excluding hydrogens is 366 g/mol. The summed E-state index contributed by atoms with van der Waals surface area (Å²) in [4.78, 5) is 27.2. The van der Waals surface area contributed by atoms with Crippen molar-refractivity contribution in [3.63, 3.8) is 0 Å². The molecular formula is C22H21N5O2. The number of hydrogen-bond acceptors (Lipinski definition) is 5. The van der Waals surface area contributed by atoms with Gasteiger partial charge in [0.1, 0.15) is 5.82 Å². The quantitative estimate of drug-likeness (QED) is 0.575. The second kappa shape index (κ2) is 7.16. The van der Waals surface area contributed by atoms with E-state index in [0.717, 1.165) is 48.4 Å². The smallest absolute Gasteiger partial charge is 0.257 e. The van der Waals surface area contributed by atoms with E-state index in [4.69, 9.17) is 9.51 Å². The molecule has 29 heavy (non-hydrogen) atoms. The van der Waals surface area contributed by atoms with Gasteiger partial charge < -0.3 is 14.4 Å². The normalized spacial score (nSPS) is 15.1. The fraction of sp³-hybridized carbons (Fsp3) is 0.273. The summed E-state index contributed by atoms with van der Waals surface area (Å²) >= 11 is 0. The molecule has 0 radical (unpaired) electrons. The van der Waals surface area contributed by atoms with Gasteiger partial charge in [-0.05, 0) is 56.2 Å². The number of para-hydroxylation sites is 2. The van der Waals surface area contributed by atoms with Crippen LogP contribution in [-0.4, -0.2) is 44.0 Å². The molecule has 1 aliphatic heterocycles. The van der Waals surface area contributed by atoms with Crippen LogP contribution in [0.25, 0.3) is 22.5 Å². The lowest BCUT2D eigenvalue weighted by molar-refractivity contribution is 0.0711. The van der Waals surface area contributed by atoms with E-state index in [9.17, 15) is 4.79 Å². The van der Waals surface area contributed by atoms with Crippen molar-refractivity contribution in [2.45, 2.75) is 25.7 Å². The zero-order chi connectivity index (χ0) is 19.8. The van der Waals surface area contributed by atoms with Gasteiger partial charge in [0, 0.05) is 30.1 Å². The summed E-state index contributed by atoms with van der Waals surface area (Å²) in [6.45, 7) is 3.23. The second-order valence-electron chi connectivity index (χ2n) is 7.43. The highest BCUT2D eigenvalue weighted by Gasteiger charge is 2.26. The maximum absolute atomic E-state index is 12.9. The first kappa shape index (κ1) is 17.6. The molecule has 1 N–H and O–H groups in total. The van der Waals surface area contributed by atoms with Crippen molar-refractivity contribution in [3.05, 3.63) is 65.7 Å². The number of benzene rings is 2. The molecule has 1 fully saturated rings. The van der Waals surface area contributed by atoms with E-state index in [1.165, 1.54) is 0 Å². The molecule has 1 amide bonds. The number of rotatable bonds is 3. The third-order valence-corrected chi connectivity index (χ3v) is 5.48. The van der Waals surface area contributed by atoms with Crippen molar-refractivity contribution >= 4 is 16.9 Å². The summed E-state index contributed by atoms with van der Waals surface area (Å²) in [5.41, 5.74) is 3.55. The van der Waals surface area contributed by atoms with E-state index in [1.807, 2.05) is 53.4 Å². The van der Waals surface area contributed by atoms with Crippen LogP contribution in [0.5, 0.6) is 0 Å². The standard InChI is InChI=1S/C22H21N5O2/c1-14-23-21(29-26-14)16-6-8-17(9-7-16)22(28)27-12-10-15(11-13-27)20-24-18-4-2-3-5-19(18)25-20/h2-9,15H,10-13H2,1H3,(H,24,25). The van der Waals surface area contributed by atoms with Crippen molar-refractivity contribution in [1.29, 1.82) is 0 Å². The molecule has 2 aromatic heterocycles. The number of aryl methyl sites for hydroxylation is 1. The number of hydrogen-bond donors (Lipinski definition) is 1. The molecule has 4 aromatic rings. The summed E-state index contributed by atoms with van der Waals surface area (Å²) in [6, 6.07) is 15.4. The van der Waals surface area contributed by atoms with Gasteiger partial charge in [0.05, 0.1) is 11.0 Å². The van der Waals surface area contributed by atoms with Gasteiger partial charge in [0.15, 0.2) is 5.82 Å². The fourth-order valence-corrected chi connectivity index (χ4v) is 3.87. The van der Waals surface area contributed by atoms with Crippen molar-refractivity contribution in [2.24, 2.45) is 0 Å². The summed E-state index contributed by atoms with van der Waals surface area (Å²) in [5.74, 6) is 2.49. The van der Waals surface area contributed by atoms with Crippen molar-refractivity contribution < 1.29 is 9.32 Å². The van der Waals surface area contributed by atoms with E-state index in [2.05, 4.69) is 15.1 Å². The number of carbonyl (C=O) groups excluding carboxylic acids is 1. The molecule has 1 saturated heterocycles. The molecule has 3 heterocycles. The number of nitrogens with zero attached hydrogens (tertiary/aromatic N) is 4. The number of imidazole rings is 1. The average molecular weight is 387 g/mol. The Morgan fingerprint density at radius 1 is 1.07 bits per heavy atom. The van der Waals surface area contributed by atoms with E-state index < -0.39 is 0 Å². The monoisotopic (exact) mass is 387 g/mol. The Bertz CT molecular complexity index is 1120. The molecule has 7 heteroatoms. The van der Waals surface area contributed by atoms with Gasteiger partial charge in [-0.15, -0.1) is 0 Å². The largest absolute Gasteiger partial charge is 0.342 e. The predicted molar refractivity (Wildman–Crippen MR) is 108 cm³/mol. The summed E-state index contributed by atoms with van der Waals surface area (Å²) in [5, 5.41) is 3.80. The third kappa shape index (κ3) is 3.40. The van der Waals surface area contributed by atoms with Gasteiger partial charge in [-0.1, -0.05) is 17.3 Å². The third-order valence-electron chi connectivity index (χ3n) is 5.48. The number of aromatic amines is 1. The zero-order valence-electron chi connectivity index (χ0n) is 16.1. The number of amides is 1. The van der Waals surface area contributed by atoms with Crippen LogP contribution in [0.2, 0.25) is 0 Å². The minimum absolute atomic E-state index is 0.0568. The Morgan fingerprint density at radius 3 is 2.52 bits per heavy atom. The lowest BCUT2D eigenvalue weighted by Crippen LogP contribution is -2.38. The highest BCUT2D eigenvalue weighted by molar-refractivity contribution is 5.94. The Kier molecular flexibility index (Phi) is 4.35. The molecule has 0 spiro atoms. The van der Waals surface area contributed by atoms with Crippen LogP contribution in [-0.2, 0) is 0 Å². The van der Waals surface area contributed by atoms with E-state index in [1.54, 1.807) is 6.92 Å². The lowest BCUT2D eigenvalue weighted by atomic mass is 9.95. The van der Waals surface area contributed by atoms with E-state index in [-0.39, 0.29) is 5.91 Å². The van der Waals surface area contributed by atoms with E-state index in [0.29, 0.717) is 23.2 Å². The van der Waals surface area contributed by atoms with Gasteiger partial charge in [0.25, 0.3) is 11.8 Å². The molecule has 0 aliphatic carbocycles. The van der Waals surface area contributed by atoms with Gasteiger partial charge in [0.2, 0.25) is 0 Å². The first-order chi connectivity index (χ1) is 14.2. The lowest BCUT2D eigenvalue weighted by Gasteiger charge is -2.31. The Labute approximate surface area is 167 Å². The fourth-order valence-electron chi connectivity index (χ4n) is 3.87. The molecule has 0 saturated carbocycles. The van der Waals surface area contributed by atoms with Crippen LogP contribution in [0.3, 0.4) is 0 Å². The van der Waals surface area contributed by atoms with Crippen LogP contribution in [0.1, 0.15) is 40.8 Å². The van der Waals surface area contributed by atoms with Gasteiger partial charge in [-0.3, -0.25) is 4.79 Å². The number of piperidine rings is 1. The molecule has 7 nitrogen and oxygen atoms in total. The van der Waals surface area contributed by atoms with Crippen molar-refractivity contribution in [1.82, 2.24) is 25.0 Å². The highest BCUT2D eigenvalue weighted by Crippen LogP contribution is 2.28. The minimum Gasteiger partial charge on any atom is -0.342 e. The van der Waals surface area contributed by atoms with Crippen molar-refractivity contribution in [2.75, 3.05) is 13.1 Å². The van der Waals surface area contributed by atoms with Crippen LogP contribution >= 0.6 is 0 Å². The van der Waals surface area contributed by atoms with Crippen LogP contribution < -0.4 is 0 Å². The summed E-state index contributed by atoms with van der Waals surface area (Å²) in [6.07, 6.45) is 1.82. The Morgan fingerprint density at radius 2 is 1.83 bits per heavy atom. The molecule has 1 aliphatic rings. The van der Waals surface area contributed by atoms with Gasteiger partial charge in [-0.2, -0.15) is 4.98 Å². The molecule has 0 atom stereocenters. The molecule has 0 bridgehead atoms. The number of nitrogens with one attached hydrogen (secondary N) is 1. The van der Waals surface area contributed by atoms with Crippen LogP contribution in [0, 0.1) is 6.92 Å². The maximum atomic E-state index is 12.9. The topological polar surface area (TPSA) is 87.9 Å². The molecule has 2 aromatic carbocycles. The van der Waals surface area contributed by atoms with Crippen LogP contribution in [0.15, 0.2) is 53.1 Å². The Hall–Kier alpha value is -3.48.